The molecule has 0 aromatic carbocycles. The molecule has 18 heavy (non-hydrogen) atoms. The van der Waals surface area contributed by atoms with Crippen LogP contribution >= 0.6 is 11.3 Å². The van der Waals surface area contributed by atoms with Crippen LogP contribution in [-0.2, 0) is 21.2 Å². The average molecular weight is 289 g/mol. The van der Waals surface area contributed by atoms with E-state index in [1.807, 2.05) is 0 Å². The van der Waals surface area contributed by atoms with Gasteiger partial charge in [-0.05, 0) is 25.1 Å². The zero-order valence-electron chi connectivity index (χ0n) is 9.76. The van der Waals surface area contributed by atoms with E-state index in [1.54, 1.807) is 12.1 Å². The molecule has 0 spiro atoms. The molecule has 0 atom stereocenters. The van der Waals surface area contributed by atoms with Crippen LogP contribution in [0.4, 0.5) is 0 Å². The van der Waals surface area contributed by atoms with Gasteiger partial charge in [0.1, 0.15) is 4.21 Å². The lowest BCUT2D eigenvalue weighted by molar-refractivity contribution is -0.122. The van der Waals surface area contributed by atoms with E-state index in [-0.39, 0.29) is 16.7 Å². The number of carbonyl (C=O) groups is 1. The second-order valence-electron chi connectivity index (χ2n) is 3.95. The zero-order chi connectivity index (χ0) is 13.2. The van der Waals surface area contributed by atoms with E-state index in [0.717, 1.165) is 4.88 Å². The molecule has 0 unspecified atom stereocenters. The molecule has 6 nitrogen and oxygen atoms in total. The third-order valence-electron chi connectivity index (χ3n) is 2.63. The number of carbonyl (C=O) groups excluding carboxylic acids is 1. The van der Waals surface area contributed by atoms with Gasteiger partial charge in [0, 0.05) is 18.0 Å². The molecule has 2 rings (SSSR count). The first-order valence-electron chi connectivity index (χ1n) is 5.59. The first-order chi connectivity index (χ1) is 8.54. The SMILES string of the molecule is NCCc1ccc(S(=O)(=O)N2CCNC(=O)C2)s1. The predicted octanol–water partition coefficient (Wildman–Crippen LogP) is -0.630. The van der Waals surface area contributed by atoms with Crippen molar-refractivity contribution >= 4 is 27.3 Å². The molecule has 0 saturated carbocycles. The smallest absolute Gasteiger partial charge is 0.253 e. The number of hydrogen-bond acceptors (Lipinski definition) is 5. The lowest BCUT2D eigenvalue weighted by Crippen LogP contribution is -2.49. The molecule has 2 heterocycles. The number of thiophene rings is 1. The van der Waals surface area contributed by atoms with Crippen molar-refractivity contribution in [2.24, 2.45) is 5.73 Å². The van der Waals surface area contributed by atoms with E-state index in [1.165, 1.54) is 15.6 Å². The van der Waals surface area contributed by atoms with Crippen LogP contribution in [0.25, 0.3) is 0 Å². The highest BCUT2D eigenvalue weighted by Gasteiger charge is 2.30. The van der Waals surface area contributed by atoms with Crippen molar-refractivity contribution in [2.75, 3.05) is 26.2 Å². The first-order valence-corrected chi connectivity index (χ1v) is 7.85. The minimum absolute atomic E-state index is 0.105. The molecule has 8 heteroatoms. The van der Waals surface area contributed by atoms with Crippen molar-refractivity contribution in [3.63, 3.8) is 0 Å². The fraction of sp³-hybridized carbons (Fsp3) is 0.500. The number of hydrogen-bond donors (Lipinski definition) is 2. The van der Waals surface area contributed by atoms with E-state index < -0.39 is 10.0 Å². The van der Waals surface area contributed by atoms with Crippen molar-refractivity contribution in [1.29, 1.82) is 0 Å². The fourth-order valence-corrected chi connectivity index (χ4v) is 4.64. The summed E-state index contributed by atoms with van der Waals surface area (Å²) in [6, 6.07) is 3.35. The fourth-order valence-electron chi connectivity index (χ4n) is 1.72. The van der Waals surface area contributed by atoms with Gasteiger partial charge in [-0.25, -0.2) is 8.42 Å². The van der Waals surface area contributed by atoms with Crippen molar-refractivity contribution in [2.45, 2.75) is 10.6 Å². The van der Waals surface area contributed by atoms with Gasteiger partial charge in [0.05, 0.1) is 6.54 Å². The molecular formula is C10H15N3O3S2. The molecule has 3 N–H and O–H groups in total. The van der Waals surface area contributed by atoms with E-state index in [2.05, 4.69) is 5.32 Å². The number of nitrogens with zero attached hydrogens (tertiary/aromatic N) is 1. The van der Waals surface area contributed by atoms with Crippen LogP contribution in [-0.4, -0.2) is 44.8 Å². The first kappa shape index (κ1) is 13.5. The van der Waals surface area contributed by atoms with Gasteiger partial charge in [-0.15, -0.1) is 11.3 Å². The van der Waals surface area contributed by atoms with Crippen molar-refractivity contribution < 1.29 is 13.2 Å². The number of sulfonamides is 1. The van der Waals surface area contributed by atoms with Gasteiger partial charge < -0.3 is 11.1 Å². The summed E-state index contributed by atoms with van der Waals surface area (Å²) in [6.07, 6.45) is 0.667. The van der Waals surface area contributed by atoms with E-state index in [0.29, 0.717) is 26.1 Å². The Kier molecular flexibility index (Phi) is 4.00. The summed E-state index contributed by atoms with van der Waals surface area (Å²) in [5, 5.41) is 2.60. The van der Waals surface area contributed by atoms with E-state index in [9.17, 15) is 13.2 Å². The van der Waals surface area contributed by atoms with Crippen molar-refractivity contribution in [1.82, 2.24) is 9.62 Å². The summed E-state index contributed by atoms with van der Waals surface area (Å²) in [6.45, 7) is 1.07. The minimum atomic E-state index is -3.54. The zero-order valence-corrected chi connectivity index (χ0v) is 11.4. The van der Waals surface area contributed by atoms with Gasteiger partial charge in [0.25, 0.3) is 10.0 Å². The van der Waals surface area contributed by atoms with Crippen LogP contribution in [0.2, 0.25) is 0 Å². The Hall–Kier alpha value is -0.960. The molecule has 1 saturated heterocycles. The third kappa shape index (κ3) is 2.72. The molecule has 0 radical (unpaired) electrons. The lowest BCUT2D eigenvalue weighted by atomic mass is 10.3. The second kappa shape index (κ2) is 5.35. The molecule has 100 valence electrons. The molecular weight excluding hydrogens is 274 g/mol. The summed E-state index contributed by atoms with van der Waals surface area (Å²) in [7, 11) is -3.54. The molecule has 0 bridgehead atoms. The van der Waals surface area contributed by atoms with Gasteiger partial charge in [-0.2, -0.15) is 4.31 Å². The summed E-state index contributed by atoms with van der Waals surface area (Å²) >= 11 is 1.22. The number of nitrogens with two attached hydrogens (primary N) is 1. The molecule has 1 amide bonds. The summed E-state index contributed by atoms with van der Waals surface area (Å²) in [5.41, 5.74) is 5.43. The van der Waals surface area contributed by atoms with Gasteiger partial charge in [0.2, 0.25) is 5.91 Å². The molecule has 1 aromatic heterocycles. The quantitative estimate of drug-likeness (QED) is 0.772. The second-order valence-corrected chi connectivity index (χ2v) is 7.28. The highest BCUT2D eigenvalue weighted by Crippen LogP contribution is 2.25. The average Bonchev–Trinajstić information content (AvgIpc) is 2.79. The monoisotopic (exact) mass is 289 g/mol. The third-order valence-corrected chi connectivity index (χ3v) is 6.08. The van der Waals surface area contributed by atoms with Crippen molar-refractivity contribution in [3.05, 3.63) is 17.0 Å². The standard InChI is InChI=1S/C10H15N3O3S2/c11-4-3-8-1-2-10(17-8)18(15,16)13-6-5-12-9(14)7-13/h1-2H,3-7,11H2,(H,12,14). The Morgan fingerprint density at radius 3 is 2.89 bits per heavy atom. The molecule has 0 aliphatic carbocycles. The van der Waals surface area contributed by atoms with Gasteiger partial charge in [-0.1, -0.05) is 0 Å². The van der Waals surface area contributed by atoms with Crippen LogP contribution in [0, 0.1) is 0 Å². The number of amides is 1. The van der Waals surface area contributed by atoms with Crippen LogP contribution in [0.15, 0.2) is 16.3 Å². The normalized spacial score (nSPS) is 17.7. The predicted molar refractivity (Wildman–Crippen MR) is 68.8 cm³/mol. The maximum Gasteiger partial charge on any atom is 0.253 e. The Morgan fingerprint density at radius 1 is 1.44 bits per heavy atom. The summed E-state index contributed by atoms with van der Waals surface area (Å²) in [5.74, 6) is -0.261. The highest BCUT2D eigenvalue weighted by atomic mass is 32.2. The molecule has 1 aliphatic rings. The topological polar surface area (TPSA) is 92.5 Å². The Labute approximate surface area is 110 Å². The van der Waals surface area contributed by atoms with Crippen molar-refractivity contribution in [3.8, 4) is 0 Å². The van der Waals surface area contributed by atoms with Gasteiger partial charge >= 0.3 is 0 Å². The summed E-state index contributed by atoms with van der Waals surface area (Å²) < 4.78 is 26.0. The molecule has 1 aromatic rings. The largest absolute Gasteiger partial charge is 0.354 e. The Morgan fingerprint density at radius 2 is 2.22 bits per heavy atom. The van der Waals surface area contributed by atoms with Crippen LogP contribution < -0.4 is 11.1 Å². The number of rotatable bonds is 4. The van der Waals surface area contributed by atoms with Crippen LogP contribution in [0.3, 0.4) is 0 Å². The highest BCUT2D eigenvalue weighted by molar-refractivity contribution is 7.91. The van der Waals surface area contributed by atoms with Crippen LogP contribution in [0.5, 0.6) is 0 Å². The van der Waals surface area contributed by atoms with Gasteiger partial charge in [-0.3, -0.25) is 4.79 Å². The molecule has 1 fully saturated rings. The van der Waals surface area contributed by atoms with E-state index >= 15 is 0 Å². The lowest BCUT2D eigenvalue weighted by Gasteiger charge is -2.25. The maximum atomic E-state index is 12.3. The minimum Gasteiger partial charge on any atom is -0.354 e. The molecule has 1 aliphatic heterocycles. The Bertz CT molecular complexity index is 538. The van der Waals surface area contributed by atoms with E-state index in [4.69, 9.17) is 5.73 Å². The number of piperazine rings is 1. The van der Waals surface area contributed by atoms with Gasteiger partial charge in [0.15, 0.2) is 0 Å². The number of nitrogens with one attached hydrogen (secondary N) is 1. The van der Waals surface area contributed by atoms with Crippen LogP contribution in [0.1, 0.15) is 4.88 Å². The maximum absolute atomic E-state index is 12.3. The summed E-state index contributed by atoms with van der Waals surface area (Å²) in [4.78, 5) is 12.2. The Balaban J connectivity index is 2.21.